The number of fused-ring (bicyclic) bond motifs is 3. The maximum atomic E-state index is 14.9. The second kappa shape index (κ2) is 12.3. The first kappa shape index (κ1) is 31.4. The number of nitrogens with zero attached hydrogens (tertiary/aromatic N) is 5. The van der Waals surface area contributed by atoms with Gasteiger partial charge in [0.15, 0.2) is 0 Å². The van der Waals surface area contributed by atoms with Crippen molar-refractivity contribution >= 4 is 50.7 Å². The first-order valence-electron chi connectivity index (χ1n) is 15.3. The number of aliphatic hydroxyl groups is 1. The Morgan fingerprint density at radius 3 is 2.69 bits per heavy atom. The summed E-state index contributed by atoms with van der Waals surface area (Å²) < 4.78 is 14.4. The smallest absolute Gasteiger partial charge is 0.313 e. The lowest BCUT2D eigenvalue weighted by Crippen LogP contribution is -2.59. The van der Waals surface area contributed by atoms with Gasteiger partial charge >= 0.3 is 5.97 Å². The van der Waals surface area contributed by atoms with Gasteiger partial charge in [-0.15, -0.1) is 5.10 Å². The minimum Gasteiger partial charge on any atom is -0.460 e. The number of amides is 3. The third-order valence-corrected chi connectivity index (χ3v) is 9.84. The fourth-order valence-corrected chi connectivity index (χ4v) is 7.69. The predicted molar refractivity (Wildman–Crippen MR) is 164 cm³/mol. The van der Waals surface area contributed by atoms with Gasteiger partial charge in [-0.1, -0.05) is 59.3 Å². The summed E-state index contributed by atoms with van der Waals surface area (Å²) in [5.41, 5.74) is -0.104. The van der Waals surface area contributed by atoms with Crippen LogP contribution in [0.25, 0.3) is 11.0 Å². The quantitative estimate of drug-likeness (QED) is 0.352. The number of aromatic nitrogens is 3. The van der Waals surface area contributed by atoms with Crippen LogP contribution in [0.4, 0.5) is 0 Å². The minimum atomic E-state index is -1.48. The molecule has 14 heteroatoms. The van der Waals surface area contributed by atoms with Gasteiger partial charge in [-0.05, 0) is 37.5 Å². The van der Waals surface area contributed by atoms with Crippen molar-refractivity contribution in [2.24, 2.45) is 17.8 Å². The van der Waals surface area contributed by atoms with E-state index in [0.29, 0.717) is 16.4 Å². The topological polar surface area (TPSA) is 156 Å². The van der Waals surface area contributed by atoms with Crippen LogP contribution in [0.15, 0.2) is 47.0 Å². The number of nitrogens with one attached hydrogen (secondary N) is 1. The number of para-hydroxylation sites is 1. The van der Waals surface area contributed by atoms with E-state index in [1.807, 2.05) is 44.2 Å². The lowest BCUT2D eigenvalue weighted by Gasteiger charge is -2.39. The lowest BCUT2D eigenvalue weighted by molar-refractivity contribution is -0.160. The summed E-state index contributed by atoms with van der Waals surface area (Å²) in [4.78, 5) is 58.5. The Kier molecular flexibility index (Phi) is 8.57. The van der Waals surface area contributed by atoms with Gasteiger partial charge in [0.1, 0.15) is 42.0 Å². The van der Waals surface area contributed by atoms with Crippen molar-refractivity contribution in [2.45, 2.75) is 70.2 Å². The average molecular weight is 686 g/mol. The summed E-state index contributed by atoms with van der Waals surface area (Å²) in [6.07, 6.45) is 4.52. The van der Waals surface area contributed by atoms with Crippen LogP contribution in [0.3, 0.4) is 0 Å². The number of hydrogen-bond acceptors (Lipinski definition) is 9. The molecule has 4 aliphatic rings. The Morgan fingerprint density at radius 1 is 1.16 bits per heavy atom. The maximum Gasteiger partial charge on any atom is 0.313 e. The number of esters is 1. The molecule has 2 N–H and O–H groups in total. The molecule has 6 rings (SSSR count). The summed E-state index contributed by atoms with van der Waals surface area (Å²) in [6, 6.07) is 5.47. The highest BCUT2D eigenvalue weighted by Crippen LogP contribution is 2.59. The van der Waals surface area contributed by atoms with Crippen molar-refractivity contribution in [2.75, 3.05) is 19.7 Å². The maximum absolute atomic E-state index is 14.9. The second-order valence-electron chi connectivity index (χ2n) is 12.4. The molecule has 240 valence electrons. The van der Waals surface area contributed by atoms with Gasteiger partial charge in [-0.25, -0.2) is 4.68 Å². The van der Waals surface area contributed by atoms with Crippen molar-refractivity contribution in [3.05, 3.63) is 47.0 Å². The number of carbonyl (C=O) groups excluding carboxylic acids is 4. The van der Waals surface area contributed by atoms with Crippen LogP contribution in [0.2, 0.25) is 0 Å². The predicted octanol–water partition coefficient (Wildman–Crippen LogP) is 1.51. The fraction of sp³-hybridized carbons (Fsp3) is 0.548. The standard InChI is InChI=1S/C31H37BrN6O7/c1-17(2)22(15-39)38-27-29(42)36(16-37-21-10-7-6-9-20(21)34-35-37)12-8-4-5-11-23(40)33-14-18(3)44-30(43)24-25(28(38)41)31(27)13-19(32)26(24)45-31/h4,6-10,13,17-18,22,24-27,39H,5,11-12,14-16H2,1-3H3,(H,33,40)/b8-4-/t18-,22-,24+,25-,26+,27+,31-/m0/s1. The van der Waals surface area contributed by atoms with Crippen molar-refractivity contribution in [3.8, 4) is 0 Å². The summed E-state index contributed by atoms with van der Waals surface area (Å²) in [5.74, 6) is -4.04. The van der Waals surface area contributed by atoms with Gasteiger partial charge < -0.3 is 29.7 Å². The molecule has 5 bridgehead atoms. The number of carbonyl (C=O) groups is 4. The first-order chi connectivity index (χ1) is 21.6. The van der Waals surface area contributed by atoms with E-state index in [1.165, 1.54) is 4.90 Å². The molecule has 1 spiro atoms. The molecule has 2 fully saturated rings. The molecule has 5 heterocycles. The van der Waals surface area contributed by atoms with E-state index in [4.69, 9.17) is 9.47 Å². The second-order valence-corrected chi connectivity index (χ2v) is 13.3. The third-order valence-electron chi connectivity index (χ3n) is 9.15. The Labute approximate surface area is 268 Å². The summed E-state index contributed by atoms with van der Waals surface area (Å²) in [6.45, 7) is 5.27. The van der Waals surface area contributed by atoms with Crippen LogP contribution in [0.5, 0.6) is 0 Å². The van der Waals surface area contributed by atoms with Crippen LogP contribution in [0.1, 0.15) is 33.6 Å². The largest absolute Gasteiger partial charge is 0.460 e. The van der Waals surface area contributed by atoms with Crippen molar-refractivity contribution in [1.82, 2.24) is 30.1 Å². The van der Waals surface area contributed by atoms with Crippen LogP contribution in [-0.4, -0.2) is 103 Å². The number of allylic oxidation sites excluding steroid dienone is 1. The van der Waals surface area contributed by atoms with Crippen LogP contribution < -0.4 is 5.32 Å². The number of cyclic esters (lactones) is 1. The van der Waals surface area contributed by atoms with E-state index in [9.17, 15) is 24.3 Å². The third kappa shape index (κ3) is 5.36. The van der Waals surface area contributed by atoms with E-state index in [0.717, 1.165) is 5.52 Å². The first-order valence-corrected chi connectivity index (χ1v) is 16.0. The summed E-state index contributed by atoms with van der Waals surface area (Å²) in [5, 5.41) is 21.8. The Bertz CT molecular complexity index is 1570. The average Bonchev–Trinajstić information content (AvgIpc) is 3.72. The van der Waals surface area contributed by atoms with Gasteiger partial charge in [0, 0.05) is 17.4 Å². The molecule has 0 aliphatic carbocycles. The van der Waals surface area contributed by atoms with Gasteiger partial charge in [-0.3, -0.25) is 19.2 Å². The van der Waals surface area contributed by atoms with Crippen molar-refractivity contribution < 1.29 is 33.8 Å². The van der Waals surface area contributed by atoms with E-state index < -0.39 is 59.5 Å². The molecule has 2 saturated heterocycles. The van der Waals surface area contributed by atoms with E-state index in [2.05, 4.69) is 31.6 Å². The fourth-order valence-electron chi connectivity index (χ4n) is 6.96. The van der Waals surface area contributed by atoms with Crippen molar-refractivity contribution in [1.29, 1.82) is 0 Å². The van der Waals surface area contributed by atoms with E-state index in [-0.39, 0.29) is 44.6 Å². The normalized spacial score (nSPS) is 32.1. The van der Waals surface area contributed by atoms with Crippen molar-refractivity contribution in [3.63, 3.8) is 0 Å². The molecule has 1 aromatic heterocycles. The molecular formula is C31H37BrN6O7. The lowest BCUT2D eigenvalue weighted by atomic mass is 9.74. The molecule has 45 heavy (non-hydrogen) atoms. The van der Waals surface area contributed by atoms with E-state index >= 15 is 0 Å². The zero-order chi connectivity index (χ0) is 32.0. The molecule has 1 aromatic carbocycles. The number of benzene rings is 1. The number of rotatable bonds is 5. The molecule has 7 atom stereocenters. The Morgan fingerprint density at radius 2 is 1.93 bits per heavy atom. The monoisotopic (exact) mass is 684 g/mol. The number of ether oxygens (including phenoxy) is 2. The molecule has 3 amide bonds. The van der Waals surface area contributed by atoms with Gasteiger partial charge in [-0.2, -0.15) is 0 Å². The zero-order valence-electron chi connectivity index (χ0n) is 25.3. The number of hydrogen-bond donors (Lipinski definition) is 2. The zero-order valence-corrected chi connectivity index (χ0v) is 26.9. The molecule has 13 nitrogen and oxygen atoms in total. The molecule has 0 unspecified atom stereocenters. The highest BCUT2D eigenvalue weighted by atomic mass is 79.9. The van der Waals surface area contributed by atoms with Crippen LogP contribution in [-0.2, 0) is 35.3 Å². The molecular weight excluding hydrogens is 648 g/mol. The number of aliphatic hydroxyl groups excluding tert-OH is 1. The molecule has 4 aliphatic heterocycles. The summed E-state index contributed by atoms with van der Waals surface area (Å²) >= 11 is 3.55. The number of likely N-dealkylation sites (tertiary alicyclic amines) is 1. The molecule has 0 radical (unpaired) electrons. The minimum absolute atomic E-state index is 0.00617. The summed E-state index contributed by atoms with van der Waals surface area (Å²) in [7, 11) is 0. The Balaban J connectivity index is 1.47. The van der Waals surface area contributed by atoms with Crippen LogP contribution in [0, 0.1) is 17.8 Å². The van der Waals surface area contributed by atoms with Crippen LogP contribution >= 0.6 is 15.9 Å². The highest BCUT2D eigenvalue weighted by molar-refractivity contribution is 9.11. The SMILES string of the molecule is CC(C)[C@H](CO)N1C(=O)[C@@H]2[C@H]3C(=O)O[C@@H](C)CNC(=O)CC/C=C\CN(Cn4nnc5ccccc54)C(=O)[C@@H]1[C@]21C=C(Br)[C@H]3O1. The van der Waals surface area contributed by atoms with Gasteiger partial charge in [0.2, 0.25) is 11.8 Å². The Hall–Kier alpha value is -3.62. The molecule has 2 aromatic rings. The molecule has 0 saturated carbocycles. The number of halogens is 1. The van der Waals surface area contributed by atoms with E-state index in [1.54, 1.807) is 28.7 Å². The van der Waals surface area contributed by atoms with Gasteiger partial charge in [0.05, 0.1) is 30.6 Å². The van der Waals surface area contributed by atoms with Gasteiger partial charge in [0.25, 0.3) is 5.91 Å². The highest BCUT2D eigenvalue weighted by Gasteiger charge is 2.75.